The quantitative estimate of drug-likeness (QED) is 0.0561. The molecular formula is C41H60N13+3. The molecule has 0 aliphatic rings. The third kappa shape index (κ3) is 13.9. The molecule has 286 valence electrons. The van der Waals surface area contributed by atoms with Crippen molar-refractivity contribution < 1.29 is 13.7 Å². The van der Waals surface area contributed by atoms with Crippen molar-refractivity contribution in [3.63, 3.8) is 0 Å². The Bertz CT molecular complexity index is 1990. The van der Waals surface area contributed by atoms with E-state index in [1.807, 2.05) is 206 Å². The summed E-state index contributed by atoms with van der Waals surface area (Å²) in [5.41, 5.74) is 11.3. The number of anilines is 3. The highest BCUT2D eigenvalue weighted by molar-refractivity contribution is 5.79. The zero-order chi connectivity index (χ0) is 36.8. The number of aromatic nitrogens is 5. The summed E-state index contributed by atoms with van der Waals surface area (Å²) in [4.78, 5) is 2.05. The van der Waals surface area contributed by atoms with E-state index in [1.54, 1.807) is 12.1 Å². The van der Waals surface area contributed by atoms with Crippen LogP contribution >= 0.6 is 0 Å². The van der Waals surface area contributed by atoms with Gasteiger partial charge >= 0.3 is 11.9 Å². The monoisotopic (exact) mass is 735 g/mol. The SMILES string of the molecule is C.C.C.CN(C)c1ccc(N=Nc2n(C)cc[n+]2C)cc1.CN(N=Cc1cc[n+](C)cc1)c1ccccc1.Cn1cc[n+](C)c1N=Nc1ccc(N)cc1. The van der Waals surface area contributed by atoms with Gasteiger partial charge in [0, 0.05) is 60.4 Å². The highest BCUT2D eigenvalue weighted by atomic mass is 15.4. The molecule has 0 spiro atoms. The molecular weight excluding hydrogens is 675 g/mol. The number of pyridine rings is 1. The minimum absolute atomic E-state index is 0. The van der Waals surface area contributed by atoms with Gasteiger partial charge in [0.05, 0.1) is 64.9 Å². The van der Waals surface area contributed by atoms with Crippen LogP contribution in [0.3, 0.4) is 0 Å². The number of rotatable bonds is 8. The van der Waals surface area contributed by atoms with Gasteiger partial charge in [0.2, 0.25) is 0 Å². The van der Waals surface area contributed by atoms with E-state index in [4.69, 9.17) is 5.73 Å². The predicted molar refractivity (Wildman–Crippen MR) is 223 cm³/mol. The van der Waals surface area contributed by atoms with Crippen molar-refractivity contribution in [1.82, 2.24) is 9.13 Å². The van der Waals surface area contributed by atoms with Crippen LogP contribution < -0.4 is 29.3 Å². The molecule has 0 unspecified atom stereocenters. The highest BCUT2D eigenvalue weighted by Crippen LogP contribution is 2.20. The van der Waals surface area contributed by atoms with Gasteiger partial charge in [-0.05, 0) is 60.7 Å². The fraction of sp³-hybridized carbons (Fsp3) is 0.268. The molecule has 0 fully saturated rings. The number of imidazole rings is 2. The van der Waals surface area contributed by atoms with Crippen LogP contribution in [0.25, 0.3) is 0 Å². The summed E-state index contributed by atoms with van der Waals surface area (Å²) in [6.07, 6.45) is 13.6. The van der Waals surface area contributed by atoms with Crippen molar-refractivity contribution in [3.05, 3.63) is 134 Å². The summed E-state index contributed by atoms with van der Waals surface area (Å²) in [5, 5.41) is 23.0. The molecule has 6 rings (SSSR count). The molecule has 0 aliphatic heterocycles. The topological polar surface area (TPSA) is 116 Å². The van der Waals surface area contributed by atoms with Crippen molar-refractivity contribution in [2.24, 2.45) is 60.8 Å². The maximum absolute atomic E-state index is 5.59. The van der Waals surface area contributed by atoms with Crippen LogP contribution in [0, 0.1) is 0 Å². The molecule has 0 radical (unpaired) electrons. The third-order valence-electron chi connectivity index (χ3n) is 7.57. The summed E-state index contributed by atoms with van der Waals surface area (Å²) in [6, 6.07) is 29.4. The average molecular weight is 735 g/mol. The molecule has 0 saturated heterocycles. The second kappa shape index (κ2) is 22.4. The van der Waals surface area contributed by atoms with E-state index in [0.717, 1.165) is 45.9 Å². The lowest BCUT2D eigenvalue weighted by atomic mass is 10.3. The zero-order valence-corrected chi connectivity index (χ0v) is 30.6. The second-order valence-electron chi connectivity index (χ2n) is 11.9. The van der Waals surface area contributed by atoms with Gasteiger partial charge in [-0.3, -0.25) is 5.01 Å². The number of benzene rings is 3. The highest BCUT2D eigenvalue weighted by Gasteiger charge is 2.11. The van der Waals surface area contributed by atoms with Crippen molar-refractivity contribution in [2.45, 2.75) is 22.3 Å². The Balaban J connectivity index is 0.000000395. The molecule has 2 N–H and O–H groups in total. The number of aryl methyl sites for hydroxylation is 5. The third-order valence-corrected chi connectivity index (χ3v) is 7.57. The Morgan fingerprint density at radius 1 is 0.574 bits per heavy atom. The van der Waals surface area contributed by atoms with Gasteiger partial charge in [-0.1, -0.05) is 50.7 Å². The number of para-hydroxylation sites is 1. The average Bonchev–Trinajstić information content (AvgIpc) is 3.64. The minimum Gasteiger partial charge on any atom is -0.399 e. The molecule has 3 heterocycles. The van der Waals surface area contributed by atoms with Crippen LogP contribution in [0.2, 0.25) is 0 Å². The lowest BCUT2D eigenvalue weighted by Gasteiger charge is -2.11. The largest absolute Gasteiger partial charge is 0.421 e. The molecule has 0 aliphatic carbocycles. The van der Waals surface area contributed by atoms with Gasteiger partial charge in [0.15, 0.2) is 12.4 Å². The fourth-order valence-electron chi connectivity index (χ4n) is 4.47. The predicted octanol–water partition coefficient (Wildman–Crippen LogP) is 8.07. The number of hydrogen-bond donors (Lipinski definition) is 1. The summed E-state index contributed by atoms with van der Waals surface area (Å²) < 4.78 is 9.66. The van der Waals surface area contributed by atoms with Gasteiger partial charge in [-0.25, -0.2) is 22.8 Å². The molecule has 0 amide bonds. The van der Waals surface area contributed by atoms with Crippen LogP contribution in [0.5, 0.6) is 0 Å². The normalized spacial score (nSPS) is 10.4. The summed E-state index contributed by atoms with van der Waals surface area (Å²) in [7, 11) is 15.7. The Labute approximate surface area is 322 Å². The van der Waals surface area contributed by atoms with Gasteiger partial charge in [-0.2, -0.15) is 5.10 Å². The summed E-state index contributed by atoms with van der Waals surface area (Å²) in [5.74, 6) is 1.60. The lowest BCUT2D eigenvalue weighted by Crippen LogP contribution is -2.25. The molecule has 3 aromatic carbocycles. The molecule has 0 atom stereocenters. The minimum atomic E-state index is 0. The first-order chi connectivity index (χ1) is 24.5. The summed E-state index contributed by atoms with van der Waals surface area (Å²) in [6.45, 7) is 0. The van der Waals surface area contributed by atoms with E-state index in [9.17, 15) is 0 Å². The first-order valence-corrected chi connectivity index (χ1v) is 16.3. The Morgan fingerprint density at radius 2 is 1.04 bits per heavy atom. The number of azo groups is 2. The molecule has 0 bridgehead atoms. The first-order valence-electron chi connectivity index (χ1n) is 16.3. The van der Waals surface area contributed by atoms with Gasteiger partial charge < -0.3 is 10.6 Å². The van der Waals surface area contributed by atoms with Crippen molar-refractivity contribution in [3.8, 4) is 0 Å². The number of nitrogens with zero attached hydrogens (tertiary/aromatic N) is 12. The molecule has 13 heteroatoms. The van der Waals surface area contributed by atoms with Crippen molar-refractivity contribution in [2.75, 3.05) is 36.8 Å². The molecule has 0 saturated carbocycles. The Hall–Kier alpha value is -6.50. The standard InChI is InChI=1S/C14H16N3.C13H18N5.C11H13N5.3CH4/c1-16-10-8-13(9-11-16)12-15-17(2)14-6-4-3-5-7-14;1-16(2)12-7-5-11(6-8-12)14-15-13-17(3)9-10-18(13)4;1-15-7-8-16(2)11(15)14-13-10-5-3-9(12)4-6-10;;;/h3-12H,1-2H3;5-10H,1-4H3;3-8,12H,1-2H3;3*1H4/q2*+1;;;;/p+1. The van der Waals surface area contributed by atoms with Crippen LogP contribution in [-0.2, 0) is 35.2 Å². The molecule has 6 aromatic rings. The second-order valence-corrected chi connectivity index (χ2v) is 11.9. The van der Waals surface area contributed by atoms with E-state index in [2.05, 4.69) is 30.5 Å². The number of nitrogens with two attached hydrogens (primary N) is 1. The maximum Gasteiger partial charge on any atom is 0.421 e. The van der Waals surface area contributed by atoms with Crippen molar-refractivity contribution >= 4 is 46.5 Å². The summed E-state index contributed by atoms with van der Waals surface area (Å²) >= 11 is 0. The van der Waals surface area contributed by atoms with Crippen LogP contribution in [0.4, 0.5) is 40.3 Å². The first kappa shape index (κ1) is 45.5. The lowest BCUT2D eigenvalue weighted by molar-refractivity contribution is -0.671. The smallest absolute Gasteiger partial charge is 0.399 e. The van der Waals surface area contributed by atoms with Crippen LogP contribution in [-0.4, -0.2) is 36.5 Å². The van der Waals surface area contributed by atoms with E-state index in [-0.39, 0.29) is 22.3 Å². The number of nitrogen functional groups attached to an aromatic ring is 1. The Morgan fingerprint density at radius 3 is 1.46 bits per heavy atom. The molecule has 13 nitrogen and oxygen atoms in total. The van der Waals surface area contributed by atoms with Crippen LogP contribution in [0.15, 0.2) is 154 Å². The fourth-order valence-corrected chi connectivity index (χ4v) is 4.47. The van der Waals surface area contributed by atoms with Gasteiger partial charge in [-0.15, -0.1) is 0 Å². The van der Waals surface area contributed by atoms with Crippen LogP contribution in [0.1, 0.15) is 27.8 Å². The van der Waals surface area contributed by atoms with Crippen molar-refractivity contribution in [1.29, 1.82) is 0 Å². The van der Waals surface area contributed by atoms with E-state index in [1.165, 1.54) is 0 Å². The number of hydrazone groups is 1. The molecule has 54 heavy (non-hydrogen) atoms. The van der Waals surface area contributed by atoms with E-state index >= 15 is 0 Å². The van der Waals surface area contributed by atoms with E-state index in [0.29, 0.717) is 0 Å². The molecule has 3 aromatic heterocycles. The van der Waals surface area contributed by atoms with Gasteiger partial charge in [0.1, 0.15) is 18.4 Å². The maximum atomic E-state index is 5.59. The number of hydrogen-bond acceptors (Lipinski definition) is 8. The zero-order valence-electron chi connectivity index (χ0n) is 30.6. The Kier molecular flexibility index (Phi) is 18.9. The van der Waals surface area contributed by atoms with Gasteiger partial charge in [0.25, 0.3) is 0 Å². The van der Waals surface area contributed by atoms with E-state index < -0.39 is 0 Å².